The van der Waals surface area contributed by atoms with Crippen LogP contribution in [0.2, 0.25) is 5.02 Å². The Bertz CT molecular complexity index is 379. The third kappa shape index (κ3) is 3.09. The van der Waals surface area contributed by atoms with Crippen LogP contribution in [0.1, 0.15) is 12.0 Å². The maximum atomic E-state index is 13.2. The fraction of sp³-hybridized carbons (Fsp3) is 0.300. The lowest BCUT2D eigenvalue weighted by Crippen LogP contribution is -1.99. The van der Waals surface area contributed by atoms with E-state index in [4.69, 9.17) is 21.4 Å². The second-order valence-corrected chi connectivity index (χ2v) is 3.37. The molecule has 3 nitrogen and oxygen atoms in total. The highest BCUT2D eigenvalue weighted by molar-refractivity contribution is 6.32. The monoisotopic (exact) mass is 232 g/mol. The van der Waals surface area contributed by atoms with Crippen molar-refractivity contribution in [2.24, 2.45) is 0 Å². The van der Waals surface area contributed by atoms with Crippen molar-refractivity contribution in [3.63, 3.8) is 0 Å². The van der Waals surface area contributed by atoms with Gasteiger partial charge in [0.15, 0.2) is 0 Å². The summed E-state index contributed by atoms with van der Waals surface area (Å²) in [6.45, 7) is 0. The van der Waals surface area contributed by atoms with Crippen molar-refractivity contribution >= 4 is 17.6 Å². The number of hydrogen-bond donors (Lipinski definition) is 1. The van der Waals surface area contributed by atoms with E-state index < -0.39 is 11.8 Å². The first-order valence-corrected chi connectivity index (χ1v) is 4.66. The number of carboxylic acids is 1. The molecule has 0 unspecified atom stereocenters. The molecular formula is C10H10ClFO3. The minimum Gasteiger partial charge on any atom is -0.495 e. The molecule has 0 spiro atoms. The van der Waals surface area contributed by atoms with E-state index in [1.165, 1.54) is 19.2 Å². The molecule has 0 bridgehead atoms. The minimum absolute atomic E-state index is 0.0514. The Morgan fingerprint density at radius 1 is 1.60 bits per heavy atom. The molecule has 1 aromatic carbocycles. The van der Waals surface area contributed by atoms with Crippen LogP contribution in [-0.4, -0.2) is 18.2 Å². The SMILES string of the molecule is COc1cc(CCC(=O)O)cc(F)c1Cl. The van der Waals surface area contributed by atoms with Crippen molar-refractivity contribution in [2.75, 3.05) is 7.11 Å². The van der Waals surface area contributed by atoms with Crippen LogP contribution in [0.25, 0.3) is 0 Å². The highest BCUT2D eigenvalue weighted by Crippen LogP contribution is 2.28. The van der Waals surface area contributed by atoms with Gasteiger partial charge in [0.25, 0.3) is 0 Å². The second-order valence-electron chi connectivity index (χ2n) is 2.99. The van der Waals surface area contributed by atoms with E-state index in [0.29, 0.717) is 5.56 Å². The van der Waals surface area contributed by atoms with Crippen LogP contribution >= 0.6 is 11.6 Å². The smallest absolute Gasteiger partial charge is 0.303 e. The number of methoxy groups -OCH3 is 1. The summed E-state index contributed by atoms with van der Waals surface area (Å²) in [5.74, 6) is -1.31. The van der Waals surface area contributed by atoms with Gasteiger partial charge in [0.2, 0.25) is 0 Å². The second kappa shape index (κ2) is 4.98. The number of hydrogen-bond acceptors (Lipinski definition) is 2. The van der Waals surface area contributed by atoms with E-state index >= 15 is 0 Å². The predicted octanol–water partition coefficient (Wildman–Crippen LogP) is 2.50. The van der Waals surface area contributed by atoms with Crippen LogP contribution in [-0.2, 0) is 11.2 Å². The van der Waals surface area contributed by atoms with Crippen LogP contribution < -0.4 is 4.74 Å². The average molecular weight is 233 g/mol. The Balaban J connectivity index is 2.90. The summed E-state index contributed by atoms with van der Waals surface area (Å²) in [7, 11) is 1.38. The lowest BCUT2D eigenvalue weighted by Gasteiger charge is -2.06. The Morgan fingerprint density at radius 2 is 2.27 bits per heavy atom. The molecule has 0 aliphatic rings. The van der Waals surface area contributed by atoms with Gasteiger partial charge in [-0.3, -0.25) is 4.79 Å². The number of carbonyl (C=O) groups is 1. The van der Waals surface area contributed by atoms with Gasteiger partial charge >= 0.3 is 5.97 Å². The highest BCUT2D eigenvalue weighted by Gasteiger charge is 2.10. The summed E-state index contributed by atoms with van der Waals surface area (Å²) < 4.78 is 18.0. The van der Waals surface area contributed by atoms with Gasteiger partial charge in [-0.1, -0.05) is 11.6 Å². The molecule has 0 saturated heterocycles. The Kier molecular flexibility index (Phi) is 3.91. The summed E-state index contributed by atoms with van der Waals surface area (Å²) in [6, 6.07) is 2.75. The molecule has 0 aromatic heterocycles. The molecule has 0 heterocycles. The van der Waals surface area contributed by atoms with Crippen LogP contribution in [0.15, 0.2) is 12.1 Å². The summed E-state index contributed by atoms with van der Waals surface area (Å²) in [5, 5.41) is 8.39. The average Bonchev–Trinajstić information content (AvgIpc) is 2.19. The van der Waals surface area contributed by atoms with Crippen molar-refractivity contribution in [3.8, 4) is 5.75 Å². The number of carboxylic acid groups (broad SMARTS) is 1. The Morgan fingerprint density at radius 3 is 2.80 bits per heavy atom. The number of halogens is 2. The van der Waals surface area contributed by atoms with E-state index in [-0.39, 0.29) is 23.6 Å². The fourth-order valence-corrected chi connectivity index (χ4v) is 1.35. The maximum Gasteiger partial charge on any atom is 0.303 e. The fourth-order valence-electron chi connectivity index (χ4n) is 1.16. The van der Waals surface area contributed by atoms with Crippen LogP contribution in [0.4, 0.5) is 4.39 Å². The first-order chi connectivity index (χ1) is 7.04. The lowest BCUT2D eigenvalue weighted by atomic mass is 10.1. The largest absolute Gasteiger partial charge is 0.495 e. The van der Waals surface area contributed by atoms with Gasteiger partial charge in [-0.25, -0.2) is 4.39 Å². The summed E-state index contributed by atoms with van der Waals surface area (Å²) in [4.78, 5) is 10.3. The zero-order chi connectivity index (χ0) is 11.4. The first kappa shape index (κ1) is 11.8. The molecule has 1 aromatic rings. The molecule has 5 heteroatoms. The standard InChI is InChI=1S/C10H10ClFO3/c1-15-8-5-6(2-3-9(13)14)4-7(12)10(8)11/h4-5H,2-3H2,1H3,(H,13,14). The number of benzene rings is 1. The van der Waals surface area contributed by atoms with Crippen molar-refractivity contribution in [1.29, 1.82) is 0 Å². The summed E-state index contributed by atoms with van der Waals surface area (Å²) >= 11 is 5.61. The zero-order valence-corrected chi connectivity index (χ0v) is 8.84. The van der Waals surface area contributed by atoms with Gasteiger partial charge in [0.05, 0.1) is 7.11 Å². The Hall–Kier alpha value is -1.29. The molecule has 1 N–H and O–H groups in total. The molecule has 0 aliphatic carbocycles. The maximum absolute atomic E-state index is 13.2. The molecule has 0 aliphatic heterocycles. The summed E-state index contributed by atoms with van der Waals surface area (Å²) in [5.41, 5.74) is 0.552. The molecule has 0 amide bonds. The van der Waals surface area contributed by atoms with Gasteiger partial charge in [0, 0.05) is 6.42 Å². The van der Waals surface area contributed by atoms with Crippen molar-refractivity contribution < 1.29 is 19.0 Å². The first-order valence-electron chi connectivity index (χ1n) is 4.28. The molecule has 0 radical (unpaired) electrons. The third-order valence-electron chi connectivity index (χ3n) is 1.90. The van der Waals surface area contributed by atoms with E-state index in [1.54, 1.807) is 0 Å². The topological polar surface area (TPSA) is 46.5 Å². The quantitative estimate of drug-likeness (QED) is 0.868. The van der Waals surface area contributed by atoms with Crippen molar-refractivity contribution in [2.45, 2.75) is 12.8 Å². The van der Waals surface area contributed by atoms with E-state index in [0.717, 1.165) is 0 Å². The normalized spacial score (nSPS) is 10.1. The van der Waals surface area contributed by atoms with E-state index in [1.807, 2.05) is 0 Å². The van der Waals surface area contributed by atoms with E-state index in [2.05, 4.69) is 0 Å². The lowest BCUT2D eigenvalue weighted by molar-refractivity contribution is -0.136. The van der Waals surface area contributed by atoms with Crippen molar-refractivity contribution in [3.05, 3.63) is 28.5 Å². The van der Waals surface area contributed by atoms with Crippen molar-refractivity contribution in [1.82, 2.24) is 0 Å². The molecule has 15 heavy (non-hydrogen) atoms. The summed E-state index contributed by atoms with van der Waals surface area (Å²) in [6.07, 6.45) is 0.198. The van der Waals surface area contributed by atoms with Gasteiger partial charge in [-0.2, -0.15) is 0 Å². The van der Waals surface area contributed by atoms with Gasteiger partial charge < -0.3 is 9.84 Å². The third-order valence-corrected chi connectivity index (χ3v) is 2.27. The van der Waals surface area contributed by atoms with Crippen LogP contribution in [0.5, 0.6) is 5.75 Å². The predicted molar refractivity (Wildman–Crippen MR) is 53.9 cm³/mol. The number of ether oxygens (including phenoxy) is 1. The number of rotatable bonds is 4. The number of aryl methyl sites for hydroxylation is 1. The zero-order valence-electron chi connectivity index (χ0n) is 8.09. The highest BCUT2D eigenvalue weighted by atomic mass is 35.5. The molecule has 0 fully saturated rings. The molecule has 0 saturated carbocycles. The van der Waals surface area contributed by atoms with Crippen LogP contribution in [0.3, 0.4) is 0 Å². The Labute approximate surface area is 91.4 Å². The van der Waals surface area contributed by atoms with E-state index in [9.17, 15) is 9.18 Å². The molecule has 0 atom stereocenters. The minimum atomic E-state index is -0.927. The van der Waals surface area contributed by atoms with Gasteiger partial charge in [-0.05, 0) is 24.1 Å². The van der Waals surface area contributed by atoms with Gasteiger partial charge in [0.1, 0.15) is 16.6 Å². The van der Waals surface area contributed by atoms with Gasteiger partial charge in [-0.15, -0.1) is 0 Å². The molecule has 1 rings (SSSR count). The number of aliphatic carboxylic acids is 1. The van der Waals surface area contributed by atoms with Crippen LogP contribution in [0, 0.1) is 5.82 Å². The molecule has 82 valence electrons. The molecular weight excluding hydrogens is 223 g/mol.